The van der Waals surface area contributed by atoms with Crippen LogP contribution in [0.1, 0.15) is 15.9 Å². The molecule has 0 fully saturated rings. The number of halogens is 8. The van der Waals surface area contributed by atoms with Gasteiger partial charge in [-0.15, -0.1) is 0 Å². The summed E-state index contributed by atoms with van der Waals surface area (Å²) in [6.07, 6.45) is -4.49. The van der Waals surface area contributed by atoms with E-state index in [0.29, 0.717) is 11.0 Å². The number of carbonyl (C=O) groups excluding carboxylic acids is 1. The number of carboxylic acid groups (broad SMARTS) is 1. The Labute approximate surface area is 189 Å². The topological polar surface area (TPSA) is 66.8 Å². The highest BCUT2D eigenvalue weighted by Gasteiger charge is 2.51. The van der Waals surface area contributed by atoms with E-state index >= 15 is 0 Å². The van der Waals surface area contributed by atoms with Crippen LogP contribution in [0.2, 0.25) is 0 Å². The molecule has 182 valence electrons. The average molecular weight is 503 g/mol. The summed E-state index contributed by atoms with van der Waals surface area (Å²) >= 11 is 0. The van der Waals surface area contributed by atoms with Crippen molar-refractivity contribution in [3.8, 4) is 16.9 Å². The maximum absolute atomic E-state index is 14.7. The van der Waals surface area contributed by atoms with E-state index in [4.69, 9.17) is 5.11 Å². The molecule has 1 aliphatic heterocycles. The molecule has 0 radical (unpaired) electrons. The Bertz CT molecular complexity index is 1360. The van der Waals surface area contributed by atoms with Crippen molar-refractivity contribution >= 4 is 17.6 Å². The molecule has 1 aliphatic rings. The van der Waals surface area contributed by atoms with Crippen molar-refractivity contribution < 1.29 is 54.6 Å². The van der Waals surface area contributed by atoms with E-state index in [1.807, 2.05) is 0 Å². The first-order chi connectivity index (χ1) is 16.3. The molecule has 5 nitrogen and oxygen atoms in total. The third-order valence-corrected chi connectivity index (χ3v) is 5.09. The van der Waals surface area contributed by atoms with Crippen molar-refractivity contribution in [1.82, 2.24) is 0 Å². The fourth-order valence-corrected chi connectivity index (χ4v) is 3.41. The van der Waals surface area contributed by atoms with Gasteiger partial charge in [-0.1, -0.05) is 12.1 Å². The van der Waals surface area contributed by atoms with Crippen LogP contribution in [-0.2, 0) is 11.3 Å². The number of carbonyl (C=O) groups is 2. The molecule has 0 bridgehead atoms. The van der Waals surface area contributed by atoms with E-state index < -0.39 is 82.0 Å². The summed E-state index contributed by atoms with van der Waals surface area (Å²) in [5.41, 5.74) is -3.62. The van der Waals surface area contributed by atoms with Gasteiger partial charge in [-0.25, -0.2) is 31.1 Å². The van der Waals surface area contributed by atoms with E-state index in [9.17, 15) is 44.7 Å². The summed E-state index contributed by atoms with van der Waals surface area (Å²) in [4.78, 5) is 23.7. The van der Waals surface area contributed by atoms with E-state index in [1.54, 1.807) is 0 Å². The van der Waals surface area contributed by atoms with E-state index in [1.165, 1.54) is 12.1 Å². The summed E-state index contributed by atoms with van der Waals surface area (Å²) in [7, 11) is 0. The predicted octanol–water partition coefficient (Wildman–Crippen LogP) is 5.40. The maximum Gasteiger partial charge on any atom is 0.482 e. The van der Waals surface area contributed by atoms with Crippen molar-refractivity contribution in [2.75, 3.05) is 4.90 Å². The van der Waals surface area contributed by atoms with Gasteiger partial charge in [0.1, 0.15) is 5.82 Å². The molecule has 3 aromatic carbocycles. The molecule has 1 amide bonds. The lowest BCUT2D eigenvalue weighted by Crippen LogP contribution is -2.50. The largest absolute Gasteiger partial charge is 0.482 e. The summed E-state index contributed by atoms with van der Waals surface area (Å²) in [5, 5.41) is 8.95. The number of nitrogens with zero attached hydrogens (tertiary/aromatic N) is 1. The van der Waals surface area contributed by atoms with E-state index in [0.717, 1.165) is 12.1 Å². The Kier molecular flexibility index (Phi) is 5.65. The minimum absolute atomic E-state index is 0.106. The highest BCUT2D eigenvalue weighted by molar-refractivity contribution is 6.01. The van der Waals surface area contributed by atoms with Crippen LogP contribution in [0.4, 0.5) is 40.8 Å². The summed E-state index contributed by atoms with van der Waals surface area (Å²) in [6, 6.07) is 5.21. The van der Waals surface area contributed by atoms with Gasteiger partial charge >= 0.3 is 18.0 Å². The number of anilines is 1. The molecule has 0 aromatic heterocycles. The SMILES string of the molecule is O=C(O)c1ccc(CN2C(=O)C(F)(F)Oc3cc(F)c(-c4c(F)c(F)c(F)c(F)c4F)cc32)cc1. The third-order valence-electron chi connectivity index (χ3n) is 5.09. The number of alkyl halides is 2. The van der Waals surface area contributed by atoms with Crippen molar-refractivity contribution in [3.05, 3.63) is 82.4 Å². The number of ether oxygens (including phenoxy) is 1. The molecule has 0 atom stereocenters. The van der Waals surface area contributed by atoms with Crippen LogP contribution in [0.25, 0.3) is 11.1 Å². The minimum Gasteiger partial charge on any atom is -0.478 e. The molecule has 0 saturated heterocycles. The van der Waals surface area contributed by atoms with Gasteiger partial charge < -0.3 is 9.84 Å². The van der Waals surface area contributed by atoms with Crippen molar-refractivity contribution in [2.24, 2.45) is 0 Å². The first kappa shape index (κ1) is 24.0. The zero-order valence-electron chi connectivity index (χ0n) is 16.8. The van der Waals surface area contributed by atoms with Gasteiger partial charge in [0.05, 0.1) is 23.4 Å². The van der Waals surface area contributed by atoms with Crippen LogP contribution in [0.15, 0.2) is 36.4 Å². The molecular weight excluding hydrogens is 494 g/mol. The van der Waals surface area contributed by atoms with Gasteiger partial charge in [-0.3, -0.25) is 9.69 Å². The van der Waals surface area contributed by atoms with Crippen LogP contribution in [0, 0.1) is 34.9 Å². The quantitative estimate of drug-likeness (QED) is 0.294. The van der Waals surface area contributed by atoms with Gasteiger partial charge in [0.2, 0.25) is 5.82 Å². The first-order valence-corrected chi connectivity index (χ1v) is 9.40. The zero-order valence-corrected chi connectivity index (χ0v) is 16.8. The Morgan fingerprint density at radius 3 is 1.97 bits per heavy atom. The monoisotopic (exact) mass is 503 g/mol. The Balaban J connectivity index is 1.88. The van der Waals surface area contributed by atoms with Crippen molar-refractivity contribution in [1.29, 1.82) is 0 Å². The van der Waals surface area contributed by atoms with E-state index in [-0.39, 0.29) is 17.2 Å². The Hall–Kier alpha value is -4.16. The molecular formula is C22H9F8NO4. The molecule has 0 saturated carbocycles. The summed E-state index contributed by atoms with van der Waals surface area (Å²) in [5.74, 6) is -17.9. The molecule has 0 spiro atoms. The second-order valence-corrected chi connectivity index (χ2v) is 7.26. The van der Waals surface area contributed by atoms with Crippen LogP contribution < -0.4 is 9.64 Å². The first-order valence-electron chi connectivity index (χ1n) is 9.40. The highest BCUT2D eigenvalue weighted by Crippen LogP contribution is 2.44. The smallest absolute Gasteiger partial charge is 0.478 e. The zero-order chi connectivity index (χ0) is 25.8. The van der Waals surface area contributed by atoms with Gasteiger partial charge in [0.15, 0.2) is 29.0 Å². The second-order valence-electron chi connectivity index (χ2n) is 7.26. The van der Waals surface area contributed by atoms with Crippen LogP contribution in [-0.4, -0.2) is 23.1 Å². The molecule has 1 N–H and O–H groups in total. The Morgan fingerprint density at radius 2 is 1.43 bits per heavy atom. The average Bonchev–Trinajstić information content (AvgIpc) is 2.80. The van der Waals surface area contributed by atoms with Crippen LogP contribution >= 0.6 is 0 Å². The lowest BCUT2D eigenvalue weighted by atomic mass is 10.0. The van der Waals surface area contributed by atoms with Gasteiger partial charge in [-0.05, 0) is 23.8 Å². The van der Waals surface area contributed by atoms with Gasteiger partial charge in [-0.2, -0.15) is 8.78 Å². The fourth-order valence-electron chi connectivity index (χ4n) is 3.41. The standard InChI is InChI=1S/C22H9F8NO4/c23-11-6-13-12(5-10(11)14-15(24)17(26)19(28)18(27)16(14)25)31(21(34)22(29,30)35-13)7-8-1-3-9(4-2-8)20(32)33/h1-6H,7H2,(H,32,33). The molecule has 13 heteroatoms. The number of hydrogen-bond donors (Lipinski definition) is 1. The molecule has 35 heavy (non-hydrogen) atoms. The normalized spacial score (nSPS) is 14.5. The maximum atomic E-state index is 14.7. The lowest BCUT2D eigenvalue weighted by Gasteiger charge is -2.34. The molecule has 1 heterocycles. The number of hydrogen-bond acceptors (Lipinski definition) is 3. The fraction of sp³-hybridized carbons (Fsp3) is 0.0909. The molecule has 0 aliphatic carbocycles. The van der Waals surface area contributed by atoms with Gasteiger partial charge in [0, 0.05) is 11.6 Å². The minimum atomic E-state index is -4.49. The number of rotatable bonds is 4. The van der Waals surface area contributed by atoms with Crippen molar-refractivity contribution in [2.45, 2.75) is 12.7 Å². The highest BCUT2D eigenvalue weighted by atomic mass is 19.3. The third kappa shape index (κ3) is 3.92. The summed E-state index contributed by atoms with van der Waals surface area (Å²) in [6.45, 7) is -0.674. The van der Waals surface area contributed by atoms with Crippen molar-refractivity contribution in [3.63, 3.8) is 0 Å². The predicted molar refractivity (Wildman–Crippen MR) is 102 cm³/mol. The van der Waals surface area contributed by atoms with Gasteiger partial charge in [0.25, 0.3) is 0 Å². The number of fused-ring (bicyclic) bond motifs is 1. The Morgan fingerprint density at radius 1 is 0.886 bits per heavy atom. The van der Waals surface area contributed by atoms with E-state index in [2.05, 4.69) is 4.74 Å². The number of benzene rings is 3. The molecule has 4 rings (SSSR count). The lowest BCUT2D eigenvalue weighted by molar-refractivity contribution is -0.193. The van der Waals surface area contributed by atoms with Crippen LogP contribution in [0.5, 0.6) is 5.75 Å². The number of aromatic carboxylic acids is 1. The molecule has 0 unspecified atom stereocenters. The second kappa shape index (κ2) is 8.25. The van der Waals surface area contributed by atoms with Crippen LogP contribution in [0.3, 0.4) is 0 Å². The molecule has 3 aromatic rings. The number of amides is 1. The number of carboxylic acids is 1. The summed E-state index contributed by atoms with van der Waals surface area (Å²) < 4.78 is 116.